The number of nitrogens with one attached hydrogen (secondary N) is 1. The van der Waals surface area contributed by atoms with Gasteiger partial charge in [-0.2, -0.15) is 0 Å². The number of amides is 2. The molecule has 0 spiro atoms. The Hall–Kier alpha value is -2.53. The smallest absolute Gasteiger partial charge is 0.261 e. The maximum absolute atomic E-state index is 12.9. The van der Waals surface area contributed by atoms with Gasteiger partial charge in [-0.3, -0.25) is 9.59 Å². The molecule has 0 heterocycles. The lowest BCUT2D eigenvalue weighted by Gasteiger charge is -2.29. The molecule has 0 saturated heterocycles. The van der Waals surface area contributed by atoms with E-state index in [1.165, 1.54) is 0 Å². The molecule has 2 aromatic carbocycles. The highest BCUT2D eigenvalue weighted by Crippen LogP contribution is 2.17. The Labute approximate surface area is 171 Å². The minimum absolute atomic E-state index is 0.154. The van der Waals surface area contributed by atoms with Gasteiger partial charge in [0.25, 0.3) is 5.91 Å². The molecular weight excluding hydrogens is 376 g/mol. The van der Waals surface area contributed by atoms with E-state index >= 15 is 0 Å². The van der Waals surface area contributed by atoms with E-state index in [1.54, 1.807) is 36.1 Å². The third-order valence-corrected chi connectivity index (χ3v) is 4.75. The molecule has 0 aliphatic rings. The molecule has 6 heteroatoms. The van der Waals surface area contributed by atoms with Gasteiger partial charge in [-0.15, -0.1) is 0 Å². The summed E-state index contributed by atoms with van der Waals surface area (Å²) in [4.78, 5) is 26.9. The molecule has 1 atom stereocenters. The Kier molecular flexibility index (Phi) is 8.33. The summed E-state index contributed by atoms with van der Waals surface area (Å²) in [6.07, 6.45) is 0.837. The SMILES string of the molecule is CCCNC(=O)[C@@H](C)N(Cc1ccccc1C)C(=O)COc1ccc(Cl)cc1. The number of ether oxygens (including phenoxy) is 1. The van der Waals surface area contributed by atoms with Crippen molar-refractivity contribution in [3.05, 3.63) is 64.7 Å². The molecular formula is C22H27ClN2O3. The number of hydrogen-bond donors (Lipinski definition) is 1. The molecule has 0 bridgehead atoms. The van der Waals surface area contributed by atoms with Crippen LogP contribution in [0, 0.1) is 6.92 Å². The van der Waals surface area contributed by atoms with E-state index in [0.29, 0.717) is 23.9 Å². The highest BCUT2D eigenvalue weighted by molar-refractivity contribution is 6.30. The fourth-order valence-electron chi connectivity index (χ4n) is 2.71. The molecule has 0 fully saturated rings. The number of aryl methyl sites for hydroxylation is 1. The summed E-state index contributed by atoms with van der Waals surface area (Å²) in [6.45, 7) is 6.49. The summed E-state index contributed by atoms with van der Waals surface area (Å²) >= 11 is 5.87. The summed E-state index contributed by atoms with van der Waals surface area (Å²) in [5, 5.41) is 3.46. The van der Waals surface area contributed by atoms with Crippen molar-refractivity contribution < 1.29 is 14.3 Å². The number of rotatable bonds is 9. The van der Waals surface area contributed by atoms with E-state index in [1.807, 2.05) is 38.1 Å². The molecule has 150 valence electrons. The quantitative estimate of drug-likeness (QED) is 0.690. The topological polar surface area (TPSA) is 58.6 Å². The summed E-state index contributed by atoms with van der Waals surface area (Å²) in [6, 6.07) is 14.0. The second kappa shape index (κ2) is 10.7. The lowest BCUT2D eigenvalue weighted by atomic mass is 10.1. The zero-order chi connectivity index (χ0) is 20.5. The van der Waals surface area contributed by atoms with Gasteiger partial charge in [0, 0.05) is 18.1 Å². The van der Waals surface area contributed by atoms with Crippen LogP contribution in [0.25, 0.3) is 0 Å². The van der Waals surface area contributed by atoms with Crippen LogP contribution in [0.1, 0.15) is 31.4 Å². The molecule has 28 heavy (non-hydrogen) atoms. The minimum atomic E-state index is -0.604. The predicted molar refractivity (Wildman–Crippen MR) is 111 cm³/mol. The van der Waals surface area contributed by atoms with E-state index in [0.717, 1.165) is 17.5 Å². The summed E-state index contributed by atoms with van der Waals surface area (Å²) < 4.78 is 5.60. The van der Waals surface area contributed by atoms with E-state index in [9.17, 15) is 9.59 Å². The summed E-state index contributed by atoms with van der Waals surface area (Å²) in [7, 11) is 0. The van der Waals surface area contributed by atoms with Crippen molar-refractivity contribution in [2.75, 3.05) is 13.2 Å². The number of halogens is 1. The Balaban J connectivity index is 2.13. The standard InChI is InChI=1S/C22H27ClN2O3/c1-4-13-24-22(27)17(3)25(14-18-8-6-5-7-16(18)2)21(26)15-28-20-11-9-19(23)10-12-20/h5-12,17H,4,13-15H2,1-3H3,(H,24,27)/t17-/m1/s1. The van der Waals surface area contributed by atoms with Crippen LogP contribution >= 0.6 is 11.6 Å². The van der Waals surface area contributed by atoms with E-state index in [2.05, 4.69) is 5.32 Å². The van der Waals surface area contributed by atoms with Crippen molar-refractivity contribution in [3.63, 3.8) is 0 Å². The molecule has 2 aromatic rings. The maximum Gasteiger partial charge on any atom is 0.261 e. The lowest BCUT2D eigenvalue weighted by Crippen LogP contribution is -2.49. The minimum Gasteiger partial charge on any atom is -0.484 e. The van der Waals surface area contributed by atoms with Gasteiger partial charge in [0.15, 0.2) is 6.61 Å². The van der Waals surface area contributed by atoms with E-state index < -0.39 is 6.04 Å². The first-order valence-electron chi connectivity index (χ1n) is 9.42. The highest BCUT2D eigenvalue weighted by atomic mass is 35.5. The fraction of sp³-hybridized carbons (Fsp3) is 0.364. The number of hydrogen-bond acceptors (Lipinski definition) is 3. The molecule has 0 aliphatic carbocycles. The fourth-order valence-corrected chi connectivity index (χ4v) is 2.83. The van der Waals surface area contributed by atoms with Gasteiger partial charge in [-0.1, -0.05) is 42.8 Å². The highest BCUT2D eigenvalue weighted by Gasteiger charge is 2.26. The first-order valence-corrected chi connectivity index (χ1v) is 9.80. The van der Waals surface area contributed by atoms with E-state index in [-0.39, 0.29) is 18.4 Å². The zero-order valence-electron chi connectivity index (χ0n) is 16.6. The van der Waals surface area contributed by atoms with Crippen LogP contribution in [0.2, 0.25) is 5.02 Å². The second-order valence-corrected chi connectivity index (χ2v) is 7.09. The number of benzene rings is 2. The molecule has 0 unspecified atom stereocenters. The molecule has 1 N–H and O–H groups in total. The molecule has 5 nitrogen and oxygen atoms in total. The van der Waals surface area contributed by atoms with E-state index in [4.69, 9.17) is 16.3 Å². The van der Waals surface area contributed by atoms with Crippen LogP contribution in [0.15, 0.2) is 48.5 Å². The Bertz CT molecular complexity index is 793. The monoisotopic (exact) mass is 402 g/mol. The van der Waals surface area contributed by atoms with Gasteiger partial charge in [-0.05, 0) is 55.7 Å². The lowest BCUT2D eigenvalue weighted by molar-refractivity contribution is -0.142. The molecule has 2 rings (SSSR count). The van der Waals surface area contributed by atoms with Gasteiger partial charge >= 0.3 is 0 Å². The van der Waals surface area contributed by atoms with Gasteiger partial charge in [0.1, 0.15) is 11.8 Å². The normalized spacial score (nSPS) is 11.6. The number of carbonyl (C=O) groups is 2. The van der Waals surface area contributed by atoms with Crippen LogP contribution < -0.4 is 10.1 Å². The summed E-state index contributed by atoms with van der Waals surface area (Å²) in [5.74, 6) is 0.129. The Morgan fingerprint density at radius 1 is 1.14 bits per heavy atom. The summed E-state index contributed by atoms with van der Waals surface area (Å²) in [5.41, 5.74) is 2.07. The van der Waals surface area contributed by atoms with Crippen molar-refractivity contribution in [1.82, 2.24) is 10.2 Å². The third kappa shape index (κ3) is 6.27. The van der Waals surface area contributed by atoms with Crippen molar-refractivity contribution in [1.29, 1.82) is 0 Å². The number of nitrogens with zero attached hydrogens (tertiary/aromatic N) is 1. The van der Waals surface area contributed by atoms with Gasteiger partial charge in [0.2, 0.25) is 5.91 Å². The van der Waals surface area contributed by atoms with Crippen molar-refractivity contribution in [2.45, 2.75) is 39.8 Å². The molecule has 0 aromatic heterocycles. The average Bonchev–Trinajstić information content (AvgIpc) is 2.70. The first-order chi connectivity index (χ1) is 13.4. The van der Waals surface area contributed by atoms with Crippen LogP contribution in [-0.4, -0.2) is 35.9 Å². The van der Waals surface area contributed by atoms with Crippen molar-refractivity contribution in [2.24, 2.45) is 0 Å². The molecule has 0 saturated carbocycles. The second-order valence-electron chi connectivity index (χ2n) is 6.66. The largest absolute Gasteiger partial charge is 0.484 e. The van der Waals surface area contributed by atoms with Gasteiger partial charge < -0.3 is 15.0 Å². The predicted octanol–water partition coefficient (Wildman–Crippen LogP) is 3.97. The van der Waals surface area contributed by atoms with Crippen LogP contribution in [0.4, 0.5) is 0 Å². The zero-order valence-corrected chi connectivity index (χ0v) is 17.3. The van der Waals surface area contributed by atoms with Crippen LogP contribution in [0.5, 0.6) is 5.75 Å². The molecule has 0 aliphatic heterocycles. The van der Waals surface area contributed by atoms with Gasteiger partial charge in [0.05, 0.1) is 0 Å². The Morgan fingerprint density at radius 3 is 2.46 bits per heavy atom. The van der Waals surface area contributed by atoms with Crippen LogP contribution in [-0.2, 0) is 16.1 Å². The maximum atomic E-state index is 12.9. The van der Waals surface area contributed by atoms with Crippen molar-refractivity contribution >= 4 is 23.4 Å². The molecule has 2 amide bonds. The Morgan fingerprint density at radius 2 is 1.82 bits per heavy atom. The number of carbonyl (C=O) groups excluding carboxylic acids is 2. The van der Waals surface area contributed by atoms with Crippen molar-refractivity contribution in [3.8, 4) is 5.75 Å². The first kappa shape index (κ1) is 21.8. The average molecular weight is 403 g/mol. The van der Waals surface area contributed by atoms with Gasteiger partial charge in [-0.25, -0.2) is 0 Å². The molecule has 0 radical (unpaired) electrons. The van der Waals surface area contributed by atoms with Crippen LogP contribution in [0.3, 0.4) is 0 Å². The third-order valence-electron chi connectivity index (χ3n) is 4.49.